The highest BCUT2D eigenvalue weighted by atomic mass is 35.5. The van der Waals surface area contributed by atoms with Gasteiger partial charge in [-0.05, 0) is 43.1 Å². The molecule has 1 aromatic carbocycles. The van der Waals surface area contributed by atoms with Crippen LogP contribution in [-0.4, -0.2) is 14.9 Å². The van der Waals surface area contributed by atoms with Crippen molar-refractivity contribution in [1.29, 1.82) is 0 Å². The summed E-state index contributed by atoms with van der Waals surface area (Å²) in [5, 5.41) is 13.9. The van der Waals surface area contributed by atoms with Crippen molar-refractivity contribution in [3.05, 3.63) is 50.9 Å². The molecular weight excluding hydrogens is 268 g/mol. The maximum absolute atomic E-state index is 11.1. The molecule has 0 saturated heterocycles. The second kappa shape index (κ2) is 5.19. The molecule has 0 aliphatic rings. The Hall–Kier alpha value is -2.21. The number of nitro groups is 1. The molecule has 0 radical (unpaired) electrons. The van der Waals surface area contributed by atoms with Gasteiger partial charge in [-0.2, -0.15) is 4.98 Å². The normalized spacial score (nSPS) is 10.3. The number of nitrogens with zero attached hydrogens (tertiary/aromatic N) is 3. The minimum Gasteiger partial charge on any atom is -0.334 e. The van der Waals surface area contributed by atoms with Crippen molar-refractivity contribution >= 4 is 28.8 Å². The summed E-state index contributed by atoms with van der Waals surface area (Å²) in [6.45, 7) is 3.45. The number of hydrogen-bond donors (Lipinski definition) is 1. The monoisotopic (exact) mass is 278 g/mol. The average Bonchev–Trinajstić information content (AvgIpc) is 2.26. The zero-order valence-electron chi connectivity index (χ0n) is 10.3. The molecule has 98 valence electrons. The lowest BCUT2D eigenvalue weighted by Crippen LogP contribution is -2.04. The Labute approximate surface area is 114 Å². The predicted octanol–water partition coefficient (Wildman–Crippen LogP) is 3.40. The van der Waals surface area contributed by atoms with Crippen molar-refractivity contribution in [1.82, 2.24) is 9.97 Å². The van der Waals surface area contributed by atoms with Gasteiger partial charge in [-0.25, -0.2) is 4.98 Å². The van der Waals surface area contributed by atoms with Crippen LogP contribution in [0.4, 0.5) is 17.2 Å². The number of anilines is 2. The first-order valence-electron chi connectivity index (χ1n) is 5.49. The summed E-state index contributed by atoms with van der Waals surface area (Å²) >= 11 is 5.74. The van der Waals surface area contributed by atoms with Gasteiger partial charge in [0.1, 0.15) is 5.69 Å². The fourth-order valence-corrected chi connectivity index (χ4v) is 1.91. The molecule has 0 spiro atoms. The first-order valence-corrected chi connectivity index (χ1v) is 5.87. The van der Waals surface area contributed by atoms with E-state index >= 15 is 0 Å². The summed E-state index contributed by atoms with van der Waals surface area (Å²) in [5.74, 6) is 0.0908. The van der Waals surface area contributed by atoms with Crippen molar-refractivity contribution in [3.63, 3.8) is 0 Å². The van der Waals surface area contributed by atoms with Crippen molar-refractivity contribution in [2.24, 2.45) is 0 Å². The van der Waals surface area contributed by atoms with Gasteiger partial charge in [0.2, 0.25) is 11.1 Å². The van der Waals surface area contributed by atoms with Crippen LogP contribution in [0.25, 0.3) is 0 Å². The van der Waals surface area contributed by atoms with E-state index in [1.165, 1.54) is 6.92 Å². The van der Waals surface area contributed by atoms with E-state index in [-0.39, 0.29) is 22.5 Å². The van der Waals surface area contributed by atoms with E-state index in [4.69, 9.17) is 11.6 Å². The lowest BCUT2D eigenvalue weighted by Gasteiger charge is -2.08. The Kier molecular flexibility index (Phi) is 3.62. The Morgan fingerprint density at radius 3 is 2.68 bits per heavy atom. The minimum absolute atomic E-state index is 0.0294. The molecule has 1 aromatic heterocycles. The largest absolute Gasteiger partial charge is 0.334 e. The van der Waals surface area contributed by atoms with Gasteiger partial charge in [0.15, 0.2) is 0 Å². The number of rotatable bonds is 3. The SMILES string of the molecule is Cc1cccc(Nc2nc(Cl)nc(C)c2[N+](=O)[O-])c1. The first-order chi connectivity index (χ1) is 8.97. The number of hydrogen-bond acceptors (Lipinski definition) is 5. The molecule has 0 amide bonds. The number of aromatic nitrogens is 2. The van der Waals surface area contributed by atoms with E-state index in [9.17, 15) is 10.1 Å². The predicted molar refractivity (Wildman–Crippen MR) is 72.9 cm³/mol. The molecule has 2 aromatic rings. The highest BCUT2D eigenvalue weighted by Crippen LogP contribution is 2.29. The number of nitrogens with one attached hydrogen (secondary N) is 1. The van der Waals surface area contributed by atoms with E-state index in [0.29, 0.717) is 5.69 Å². The number of halogens is 1. The van der Waals surface area contributed by atoms with Crippen molar-refractivity contribution in [3.8, 4) is 0 Å². The molecule has 19 heavy (non-hydrogen) atoms. The quantitative estimate of drug-likeness (QED) is 0.529. The molecule has 6 nitrogen and oxygen atoms in total. The van der Waals surface area contributed by atoms with E-state index in [2.05, 4.69) is 15.3 Å². The van der Waals surface area contributed by atoms with Gasteiger partial charge >= 0.3 is 5.69 Å². The topological polar surface area (TPSA) is 81.0 Å². The Bertz CT molecular complexity index is 646. The maximum Gasteiger partial charge on any atom is 0.332 e. The maximum atomic E-state index is 11.1. The highest BCUT2D eigenvalue weighted by Gasteiger charge is 2.21. The second-order valence-corrected chi connectivity index (χ2v) is 4.36. The molecule has 7 heteroatoms. The molecule has 2 rings (SSSR count). The van der Waals surface area contributed by atoms with Gasteiger partial charge in [0.05, 0.1) is 4.92 Å². The molecule has 0 aliphatic carbocycles. The van der Waals surface area contributed by atoms with Crippen LogP contribution >= 0.6 is 11.6 Å². The first kappa shape index (κ1) is 13.2. The third-order valence-corrected chi connectivity index (χ3v) is 2.66. The van der Waals surface area contributed by atoms with Crippen molar-refractivity contribution in [2.75, 3.05) is 5.32 Å². The summed E-state index contributed by atoms with van der Waals surface area (Å²) in [7, 11) is 0. The molecule has 0 unspecified atom stereocenters. The van der Waals surface area contributed by atoms with Gasteiger partial charge < -0.3 is 5.32 Å². The van der Waals surface area contributed by atoms with E-state index in [1.807, 2.05) is 25.1 Å². The summed E-state index contributed by atoms with van der Waals surface area (Å²) in [6, 6.07) is 7.42. The molecule has 0 fully saturated rings. The van der Waals surface area contributed by atoms with Crippen LogP contribution in [0.15, 0.2) is 24.3 Å². The molecule has 0 saturated carbocycles. The van der Waals surface area contributed by atoms with Crippen LogP contribution in [0.3, 0.4) is 0 Å². The fraction of sp³-hybridized carbons (Fsp3) is 0.167. The van der Waals surface area contributed by atoms with E-state index < -0.39 is 4.92 Å². The number of aryl methyl sites for hydroxylation is 2. The summed E-state index contributed by atoms with van der Waals surface area (Å²) in [5.41, 5.74) is 1.79. The summed E-state index contributed by atoms with van der Waals surface area (Å²) in [6.07, 6.45) is 0. The zero-order chi connectivity index (χ0) is 14.0. The zero-order valence-corrected chi connectivity index (χ0v) is 11.1. The molecular formula is C12H11ClN4O2. The van der Waals surface area contributed by atoms with Crippen LogP contribution in [0.2, 0.25) is 5.28 Å². The van der Waals surface area contributed by atoms with Gasteiger partial charge in [0, 0.05) is 5.69 Å². The van der Waals surface area contributed by atoms with Crippen LogP contribution < -0.4 is 5.32 Å². The van der Waals surface area contributed by atoms with Crippen LogP contribution in [0.1, 0.15) is 11.3 Å². The highest BCUT2D eigenvalue weighted by molar-refractivity contribution is 6.28. The average molecular weight is 279 g/mol. The van der Waals surface area contributed by atoms with Crippen molar-refractivity contribution in [2.45, 2.75) is 13.8 Å². The van der Waals surface area contributed by atoms with Gasteiger partial charge in [-0.3, -0.25) is 10.1 Å². The van der Waals surface area contributed by atoms with Crippen LogP contribution in [-0.2, 0) is 0 Å². The molecule has 1 N–H and O–H groups in total. The lowest BCUT2D eigenvalue weighted by molar-refractivity contribution is -0.385. The third-order valence-electron chi connectivity index (χ3n) is 2.49. The smallest absolute Gasteiger partial charge is 0.332 e. The lowest BCUT2D eigenvalue weighted by atomic mass is 10.2. The standard InChI is InChI=1S/C12H11ClN4O2/c1-7-4-3-5-9(6-7)15-11-10(17(18)19)8(2)14-12(13)16-11/h3-6H,1-2H3,(H,14,15,16). The molecule has 0 bridgehead atoms. The van der Waals surface area contributed by atoms with E-state index in [0.717, 1.165) is 5.56 Å². The third kappa shape index (κ3) is 2.97. The van der Waals surface area contributed by atoms with Crippen LogP contribution in [0, 0.1) is 24.0 Å². The van der Waals surface area contributed by atoms with Gasteiger partial charge in [-0.1, -0.05) is 12.1 Å². The summed E-state index contributed by atoms with van der Waals surface area (Å²) < 4.78 is 0. The Morgan fingerprint density at radius 1 is 1.32 bits per heavy atom. The molecule has 1 heterocycles. The Morgan fingerprint density at radius 2 is 2.05 bits per heavy atom. The van der Waals surface area contributed by atoms with Crippen molar-refractivity contribution < 1.29 is 4.92 Å². The minimum atomic E-state index is -0.524. The molecule has 0 atom stereocenters. The fourth-order valence-electron chi connectivity index (χ4n) is 1.70. The van der Waals surface area contributed by atoms with Gasteiger partial charge in [0.25, 0.3) is 0 Å². The van der Waals surface area contributed by atoms with E-state index in [1.54, 1.807) is 6.07 Å². The summed E-state index contributed by atoms with van der Waals surface area (Å²) in [4.78, 5) is 18.2. The molecule has 0 aliphatic heterocycles. The number of benzene rings is 1. The van der Waals surface area contributed by atoms with Crippen LogP contribution in [0.5, 0.6) is 0 Å². The Balaban J connectivity index is 2.47. The second-order valence-electron chi connectivity index (χ2n) is 4.03. The van der Waals surface area contributed by atoms with Gasteiger partial charge in [-0.15, -0.1) is 0 Å².